The van der Waals surface area contributed by atoms with Crippen molar-refractivity contribution in [1.82, 2.24) is 15.0 Å². The average molecular weight is 1110 g/mol. The number of nitrogens with zero attached hydrogens (tertiary/aromatic N) is 4. The lowest BCUT2D eigenvalue weighted by molar-refractivity contribution is -0.138. The van der Waals surface area contributed by atoms with Gasteiger partial charge in [0.25, 0.3) is 11.1 Å². The van der Waals surface area contributed by atoms with Gasteiger partial charge in [-0.3, -0.25) is 19.2 Å². The number of nitrogens with one attached hydrogen (secondary N) is 1. The van der Waals surface area contributed by atoms with Crippen LogP contribution in [-0.2, 0) is 16.0 Å². The van der Waals surface area contributed by atoms with Crippen molar-refractivity contribution in [3.63, 3.8) is 0 Å². The number of ether oxygens (including phenoxy) is 1. The minimum atomic E-state index is -1.02. The van der Waals surface area contributed by atoms with E-state index < -0.39 is 40.4 Å². The Labute approximate surface area is 454 Å². The Bertz CT molecular complexity index is 2790. The minimum Gasteiger partial charge on any atom is -0.495 e. The van der Waals surface area contributed by atoms with Crippen LogP contribution in [0.5, 0.6) is 5.75 Å². The number of aromatic carboxylic acids is 2. The topological polar surface area (TPSA) is 299 Å². The van der Waals surface area contributed by atoms with Crippen molar-refractivity contribution in [2.45, 2.75) is 60.8 Å². The van der Waals surface area contributed by atoms with Gasteiger partial charge in [0.1, 0.15) is 23.2 Å². The Morgan fingerprint density at radius 3 is 1.61 bits per heavy atom. The van der Waals surface area contributed by atoms with Gasteiger partial charge in [-0.2, -0.15) is 0 Å². The van der Waals surface area contributed by atoms with Crippen LogP contribution in [0.1, 0.15) is 106 Å². The van der Waals surface area contributed by atoms with E-state index in [1.165, 1.54) is 50.0 Å². The van der Waals surface area contributed by atoms with Crippen LogP contribution in [0.4, 0.5) is 23.1 Å². The molecule has 0 aliphatic heterocycles. The molecule has 75 heavy (non-hydrogen) atoms. The fourth-order valence-corrected chi connectivity index (χ4v) is 7.41. The number of methoxy groups -OCH3 is 1. The smallest absolute Gasteiger partial charge is 0.337 e. The zero-order valence-electron chi connectivity index (χ0n) is 42.3. The maximum atomic E-state index is 13.4. The van der Waals surface area contributed by atoms with Gasteiger partial charge in [-0.1, -0.05) is 99.8 Å². The summed E-state index contributed by atoms with van der Waals surface area (Å²) in [5.74, 6) is -2.97. The monoisotopic (exact) mass is 1110 g/mol. The number of aromatic nitrogens is 3. The van der Waals surface area contributed by atoms with Crippen molar-refractivity contribution >= 4 is 105 Å². The van der Waals surface area contributed by atoms with Gasteiger partial charge in [0.2, 0.25) is 5.91 Å². The Balaban J connectivity index is 0.000000449. The molecule has 0 saturated heterocycles. The van der Waals surface area contributed by atoms with E-state index in [1.54, 1.807) is 85.5 Å². The van der Waals surface area contributed by atoms with Crippen molar-refractivity contribution in [2.24, 2.45) is 11.3 Å². The van der Waals surface area contributed by atoms with Crippen LogP contribution in [0.25, 0.3) is 0 Å². The molecule has 3 aromatic carbocycles. The van der Waals surface area contributed by atoms with Crippen LogP contribution in [0.15, 0.2) is 110 Å². The molecule has 0 fully saturated rings. The minimum absolute atomic E-state index is 0.0894. The first kappa shape index (κ1) is 63.8. The lowest BCUT2D eigenvalue weighted by Crippen LogP contribution is -2.42. The van der Waals surface area contributed by atoms with E-state index in [9.17, 15) is 33.9 Å². The van der Waals surface area contributed by atoms with Crippen LogP contribution in [0.2, 0.25) is 15.1 Å². The molecular weight excluding hydrogens is 1050 g/mol. The lowest BCUT2D eigenvalue weighted by atomic mass is 9.90. The number of aliphatic carboxylic acids is 1. The number of nitrogen functional groups attached to an aromatic ring is 2. The molecule has 0 radical (unpaired) electrons. The average Bonchev–Trinajstić information content (AvgIpc) is 3.33. The largest absolute Gasteiger partial charge is 0.495 e. The number of rotatable bonds is 13. The number of aliphatic hydroxyl groups is 1. The molecular formula is C53H59Cl4N7O11. The number of aliphatic hydroxyl groups excluding tert-OH is 1. The summed E-state index contributed by atoms with van der Waals surface area (Å²) in [5.41, 5.74) is 13.1. The first-order valence-electron chi connectivity index (χ1n) is 22.5. The molecule has 0 saturated carbocycles. The number of aryl methyl sites for hydroxylation is 1. The van der Waals surface area contributed by atoms with Gasteiger partial charge in [0, 0.05) is 37.2 Å². The second-order valence-electron chi connectivity index (χ2n) is 17.3. The summed E-state index contributed by atoms with van der Waals surface area (Å²) in [4.78, 5) is 82.9. The number of pyridine rings is 3. The quantitative estimate of drug-likeness (QED) is 0.0529. The third kappa shape index (κ3) is 20.8. The predicted molar refractivity (Wildman–Crippen MR) is 293 cm³/mol. The standard InChI is InChI=1S/C31H35Cl2N3O5.C8H6Cl2O.2C6H6N2O2.C2H6O/c1-18(2)17-36(30(40)31(3,4)5)24-15-20(11-12-25(24)41-6)21(29(38)39)14-19-10-13-26(34-16-19)35-28(37)27-22(32)8-7-9-23(27)33;1-5-3-2-4-6(9)7(5)8(10)11;2*7-5-2-1-4(3-8-5)6(9)10;1-2-3/h7-13,15-16,18,21H,14,17H2,1-6H3,(H,38,39)(H,34,35,37);2-4H,1H3;2*1-3H,(H2,7,8)(H,9,10);3H,2H2,1H3. The number of anilines is 4. The predicted octanol–water partition coefficient (Wildman–Crippen LogP) is 10.8. The molecule has 22 heteroatoms. The first-order chi connectivity index (χ1) is 35.2. The normalized spacial score (nSPS) is 10.7. The number of hydrogen-bond donors (Lipinski definition) is 7. The van der Waals surface area contributed by atoms with Gasteiger partial charge in [0.05, 0.1) is 56.0 Å². The number of hydrogen-bond acceptors (Lipinski definition) is 13. The highest BCUT2D eigenvalue weighted by Gasteiger charge is 2.32. The summed E-state index contributed by atoms with van der Waals surface area (Å²) in [7, 11) is 1.52. The number of carbonyl (C=O) groups is 6. The summed E-state index contributed by atoms with van der Waals surface area (Å²) in [6.45, 7) is 13.7. The summed E-state index contributed by atoms with van der Waals surface area (Å²) < 4.78 is 5.57. The summed E-state index contributed by atoms with van der Waals surface area (Å²) in [6, 6.07) is 24.1. The Morgan fingerprint density at radius 1 is 0.733 bits per heavy atom. The van der Waals surface area contributed by atoms with Crippen LogP contribution < -0.4 is 26.4 Å². The molecule has 2 amide bonds. The van der Waals surface area contributed by atoms with E-state index in [1.807, 2.05) is 34.6 Å². The van der Waals surface area contributed by atoms with E-state index in [0.29, 0.717) is 51.3 Å². The molecule has 0 aliphatic carbocycles. The van der Waals surface area contributed by atoms with Crippen molar-refractivity contribution in [1.29, 1.82) is 0 Å². The van der Waals surface area contributed by atoms with Gasteiger partial charge in [-0.05, 0) is 115 Å². The Hall–Kier alpha value is -7.35. The molecule has 9 N–H and O–H groups in total. The molecule has 400 valence electrons. The van der Waals surface area contributed by atoms with E-state index in [-0.39, 0.29) is 57.4 Å². The molecule has 0 bridgehead atoms. The van der Waals surface area contributed by atoms with Crippen LogP contribution in [-0.4, -0.2) is 90.6 Å². The molecule has 18 nitrogen and oxygen atoms in total. The zero-order chi connectivity index (χ0) is 56.7. The maximum Gasteiger partial charge on any atom is 0.337 e. The molecule has 0 aliphatic rings. The van der Waals surface area contributed by atoms with Crippen molar-refractivity contribution < 1.29 is 53.9 Å². The third-order valence-electron chi connectivity index (χ3n) is 9.81. The highest BCUT2D eigenvalue weighted by atomic mass is 35.5. The number of benzene rings is 3. The second-order valence-corrected chi connectivity index (χ2v) is 18.8. The Kier molecular flexibility index (Phi) is 26.1. The van der Waals surface area contributed by atoms with Crippen molar-refractivity contribution in [3.05, 3.63) is 164 Å². The number of amides is 2. The van der Waals surface area contributed by atoms with Gasteiger partial charge in [-0.15, -0.1) is 0 Å². The summed E-state index contributed by atoms with van der Waals surface area (Å²) >= 11 is 23.3. The fraction of sp³-hybridized carbons (Fsp3) is 0.264. The van der Waals surface area contributed by atoms with Gasteiger partial charge >= 0.3 is 17.9 Å². The zero-order valence-corrected chi connectivity index (χ0v) is 45.3. The van der Waals surface area contributed by atoms with E-state index >= 15 is 0 Å². The van der Waals surface area contributed by atoms with Crippen LogP contribution in [0, 0.1) is 18.3 Å². The number of carboxylic acids is 3. The number of carboxylic acid groups (broad SMARTS) is 3. The Morgan fingerprint density at radius 2 is 1.24 bits per heavy atom. The third-order valence-corrected chi connectivity index (χ3v) is 10.9. The van der Waals surface area contributed by atoms with Gasteiger partial charge in [0.15, 0.2) is 0 Å². The maximum absolute atomic E-state index is 13.4. The second kappa shape index (κ2) is 30.8. The molecule has 6 aromatic rings. The highest BCUT2D eigenvalue weighted by molar-refractivity contribution is 6.69. The van der Waals surface area contributed by atoms with Crippen molar-refractivity contribution in [3.8, 4) is 5.75 Å². The van der Waals surface area contributed by atoms with E-state index in [4.69, 9.17) is 77.9 Å². The number of carbonyl (C=O) groups excluding carboxylic acids is 3. The van der Waals surface area contributed by atoms with Crippen molar-refractivity contribution in [2.75, 3.05) is 41.9 Å². The van der Waals surface area contributed by atoms with E-state index in [2.05, 4.69) is 20.3 Å². The number of nitrogens with two attached hydrogens (primary N) is 2. The lowest BCUT2D eigenvalue weighted by Gasteiger charge is -2.32. The first-order valence-corrected chi connectivity index (χ1v) is 24.1. The number of halogens is 4. The molecule has 3 heterocycles. The summed E-state index contributed by atoms with van der Waals surface area (Å²) in [5, 5.41) is 37.5. The molecule has 0 spiro atoms. The molecule has 1 atom stereocenters. The molecule has 3 aromatic heterocycles. The summed E-state index contributed by atoms with van der Waals surface area (Å²) in [6.07, 6.45) is 4.09. The van der Waals surface area contributed by atoms with Crippen LogP contribution in [0.3, 0.4) is 0 Å². The molecule has 1 unspecified atom stereocenters. The highest BCUT2D eigenvalue weighted by Crippen LogP contribution is 2.36. The van der Waals surface area contributed by atoms with Crippen LogP contribution >= 0.6 is 46.4 Å². The van der Waals surface area contributed by atoms with Gasteiger partial charge < -0.3 is 46.8 Å². The SMILES string of the molecule is CCO.COc1ccc(C(Cc2ccc(NC(=O)c3c(Cl)cccc3Cl)nc2)C(=O)O)cc1N(CC(C)C)C(=O)C(C)(C)C.Cc1cccc(Cl)c1C(=O)Cl.Nc1ccc(C(=O)O)cn1.Nc1ccc(C(=O)O)cn1. The van der Waals surface area contributed by atoms with E-state index in [0.717, 1.165) is 5.56 Å². The molecule has 6 rings (SSSR count). The van der Waals surface area contributed by atoms with Gasteiger partial charge in [-0.25, -0.2) is 24.5 Å². The fourth-order valence-electron chi connectivity index (χ4n) is 6.24.